The van der Waals surface area contributed by atoms with Gasteiger partial charge >= 0.3 is 6.03 Å². The number of hydrogen-bond acceptors (Lipinski definition) is 4. The van der Waals surface area contributed by atoms with E-state index in [0.29, 0.717) is 32.8 Å². The fourth-order valence-electron chi connectivity index (χ4n) is 2.48. The van der Waals surface area contributed by atoms with Crippen LogP contribution in [-0.4, -0.2) is 66.9 Å². The summed E-state index contributed by atoms with van der Waals surface area (Å²) in [7, 11) is 0. The Balaban J connectivity index is 1.73. The van der Waals surface area contributed by atoms with Crippen molar-refractivity contribution in [3.63, 3.8) is 0 Å². The number of β-amino-alcohol motifs (C(OH)–C–C–N with tert-alkyl or cyclic N) is 1. The number of rotatable bonds is 6. The number of ether oxygens (including phenoxy) is 1. The van der Waals surface area contributed by atoms with E-state index in [0.717, 1.165) is 24.4 Å². The SMILES string of the molecule is CCOc1ccc(CNC(=O)N2CCN(CCO)CC2)cc1. The molecule has 0 saturated carbocycles. The Morgan fingerprint density at radius 2 is 1.91 bits per heavy atom. The highest BCUT2D eigenvalue weighted by Gasteiger charge is 2.20. The van der Waals surface area contributed by atoms with Gasteiger partial charge in [-0.25, -0.2) is 4.79 Å². The summed E-state index contributed by atoms with van der Waals surface area (Å²) in [6.07, 6.45) is 0. The van der Waals surface area contributed by atoms with Gasteiger partial charge in [0.25, 0.3) is 0 Å². The molecule has 1 aliphatic heterocycles. The van der Waals surface area contributed by atoms with Crippen molar-refractivity contribution in [1.29, 1.82) is 0 Å². The highest BCUT2D eigenvalue weighted by molar-refractivity contribution is 5.74. The molecule has 0 unspecified atom stereocenters. The molecule has 22 heavy (non-hydrogen) atoms. The van der Waals surface area contributed by atoms with Crippen LogP contribution >= 0.6 is 0 Å². The van der Waals surface area contributed by atoms with Gasteiger partial charge < -0.3 is 20.1 Å². The third-order valence-electron chi connectivity index (χ3n) is 3.75. The van der Waals surface area contributed by atoms with E-state index >= 15 is 0 Å². The number of aliphatic hydroxyl groups excluding tert-OH is 1. The number of urea groups is 1. The molecule has 6 nitrogen and oxygen atoms in total. The molecule has 2 rings (SSSR count). The fourth-order valence-corrected chi connectivity index (χ4v) is 2.48. The van der Waals surface area contributed by atoms with Crippen molar-refractivity contribution >= 4 is 6.03 Å². The molecule has 0 aliphatic carbocycles. The molecular weight excluding hydrogens is 282 g/mol. The topological polar surface area (TPSA) is 65.0 Å². The van der Waals surface area contributed by atoms with Crippen LogP contribution in [0.25, 0.3) is 0 Å². The monoisotopic (exact) mass is 307 g/mol. The Hall–Kier alpha value is -1.79. The normalized spacial score (nSPS) is 15.6. The number of carbonyl (C=O) groups excluding carboxylic acids is 1. The van der Waals surface area contributed by atoms with Crippen LogP contribution in [0.15, 0.2) is 24.3 Å². The summed E-state index contributed by atoms with van der Waals surface area (Å²) in [6, 6.07) is 7.73. The number of nitrogens with one attached hydrogen (secondary N) is 1. The molecule has 1 aromatic carbocycles. The Morgan fingerprint density at radius 3 is 2.50 bits per heavy atom. The molecule has 0 radical (unpaired) electrons. The number of carbonyl (C=O) groups is 1. The summed E-state index contributed by atoms with van der Waals surface area (Å²) >= 11 is 0. The molecule has 2 N–H and O–H groups in total. The second-order valence-electron chi connectivity index (χ2n) is 5.29. The van der Waals surface area contributed by atoms with Crippen LogP contribution in [0, 0.1) is 0 Å². The van der Waals surface area contributed by atoms with Gasteiger partial charge in [-0.1, -0.05) is 12.1 Å². The zero-order valence-electron chi connectivity index (χ0n) is 13.1. The number of piperazine rings is 1. The third-order valence-corrected chi connectivity index (χ3v) is 3.75. The number of nitrogens with zero attached hydrogens (tertiary/aromatic N) is 2. The van der Waals surface area contributed by atoms with Crippen LogP contribution in [-0.2, 0) is 6.54 Å². The van der Waals surface area contributed by atoms with Crippen LogP contribution < -0.4 is 10.1 Å². The molecule has 122 valence electrons. The number of hydrogen-bond donors (Lipinski definition) is 2. The molecule has 1 aliphatic rings. The van der Waals surface area contributed by atoms with Gasteiger partial charge in [-0.05, 0) is 24.6 Å². The zero-order valence-corrected chi connectivity index (χ0v) is 13.1. The maximum absolute atomic E-state index is 12.1. The lowest BCUT2D eigenvalue weighted by Gasteiger charge is -2.34. The van der Waals surface area contributed by atoms with Crippen molar-refractivity contribution in [3.05, 3.63) is 29.8 Å². The largest absolute Gasteiger partial charge is 0.494 e. The Kier molecular flexibility index (Phi) is 6.48. The molecule has 1 saturated heterocycles. The summed E-state index contributed by atoms with van der Waals surface area (Å²) in [5, 5.41) is 11.9. The van der Waals surface area contributed by atoms with Crippen molar-refractivity contribution in [2.24, 2.45) is 0 Å². The zero-order chi connectivity index (χ0) is 15.8. The molecule has 1 heterocycles. The van der Waals surface area contributed by atoms with E-state index < -0.39 is 0 Å². The lowest BCUT2D eigenvalue weighted by atomic mass is 10.2. The predicted octanol–water partition coefficient (Wildman–Crippen LogP) is 0.905. The first kappa shape index (κ1) is 16.6. The maximum Gasteiger partial charge on any atom is 0.317 e. The number of benzene rings is 1. The summed E-state index contributed by atoms with van der Waals surface area (Å²) in [6.45, 7) is 7.01. The van der Waals surface area contributed by atoms with Crippen LogP contribution in [0.2, 0.25) is 0 Å². The van der Waals surface area contributed by atoms with E-state index in [1.165, 1.54) is 0 Å². The van der Waals surface area contributed by atoms with E-state index in [9.17, 15) is 4.79 Å². The lowest BCUT2D eigenvalue weighted by Crippen LogP contribution is -2.52. The molecule has 0 atom stereocenters. The Labute approximate surface area is 131 Å². The van der Waals surface area contributed by atoms with Gasteiger partial charge in [0, 0.05) is 39.3 Å². The first-order chi connectivity index (χ1) is 10.7. The Bertz CT molecular complexity index is 456. The van der Waals surface area contributed by atoms with E-state index in [2.05, 4.69) is 10.2 Å². The minimum absolute atomic E-state index is 0.0301. The predicted molar refractivity (Wildman–Crippen MR) is 84.9 cm³/mol. The van der Waals surface area contributed by atoms with Crippen LogP contribution in [0.4, 0.5) is 4.79 Å². The standard InChI is InChI=1S/C16H25N3O3/c1-2-22-15-5-3-14(4-6-15)13-17-16(21)19-9-7-18(8-10-19)11-12-20/h3-6,20H,2,7-13H2,1H3,(H,17,21). The van der Waals surface area contributed by atoms with Crippen molar-refractivity contribution in [3.8, 4) is 5.75 Å². The van der Waals surface area contributed by atoms with Crippen LogP contribution in [0.1, 0.15) is 12.5 Å². The van der Waals surface area contributed by atoms with Gasteiger partial charge in [0.2, 0.25) is 0 Å². The average Bonchev–Trinajstić information content (AvgIpc) is 2.55. The lowest BCUT2D eigenvalue weighted by molar-refractivity contribution is 0.122. The minimum atomic E-state index is -0.0301. The average molecular weight is 307 g/mol. The van der Waals surface area contributed by atoms with E-state index in [4.69, 9.17) is 9.84 Å². The van der Waals surface area contributed by atoms with Crippen molar-refractivity contribution in [2.45, 2.75) is 13.5 Å². The molecule has 0 spiro atoms. The fraction of sp³-hybridized carbons (Fsp3) is 0.562. The quantitative estimate of drug-likeness (QED) is 0.820. The van der Waals surface area contributed by atoms with Crippen LogP contribution in [0.5, 0.6) is 5.75 Å². The number of aliphatic hydroxyl groups is 1. The summed E-state index contributed by atoms with van der Waals surface area (Å²) < 4.78 is 5.39. The molecular formula is C16H25N3O3. The molecule has 1 fully saturated rings. The first-order valence-corrected chi connectivity index (χ1v) is 7.80. The smallest absolute Gasteiger partial charge is 0.317 e. The molecule has 1 aromatic rings. The molecule has 2 amide bonds. The van der Waals surface area contributed by atoms with Gasteiger partial charge in [0.15, 0.2) is 0 Å². The van der Waals surface area contributed by atoms with Gasteiger partial charge in [-0.15, -0.1) is 0 Å². The van der Waals surface area contributed by atoms with Crippen molar-refractivity contribution in [2.75, 3.05) is 45.9 Å². The van der Waals surface area contributed by atoms with Gasteiger partial charge in [0.1, 0.15) is 5.75 Å². The van der Waals surface area contributed by atoms with E-state index in [1.807, 2.05) is 36.1 Å². The van der Waals surface area contributed by atoms with Crippen LogP contribution in [0.3, 0.4) is 0 Å². The summed E-state index contributed by atoms with van der Waals surface area (Å²) in [5.41, 5.74) is 1.05. The van der Waals surface area contributed by atoms with E-state index in [1.54, 1.807) is 0 Å². The summed E-state index contributed by atoms with van der Waals surface area (Å²) in [4.78, 5) is 16.1. The third kappa shape index (κ3) is 4.89. The van der Waals surface area contributed by atoms with Crippen molar-refractivity contribution in [1.82, 2.24) is 15.1 Å². The second kappa shape index (κ2) is 8.60. The second-order valence-corrected chi connectivity index (χ2v) is 5.29. The number of amides is 2. The molecule has 0 bridgehead atoms. The van der Waals surface area contributed by atoms with Gasteiger partial charge in [0.05, 0.1) is 13.2 Å². The molecule has 0 aromatic heterocycles. The van der Waals surface area contributed by atoms with Gasteiger partial charge in [-0.2, -0.15) is 0 Å². The summed E-state index contributed by atoms with van der Waals surface area (Å²) in [5.74, 6) is 0.845. The minimum Gasteiger partial charge on any atom is -0.494 e. The Morgan fingerprint density at radius 1 is 1.23 bits per heavy atom. The van der Waals surface area contributed by atoms with Gasteiger partial charge in [-0.3, -0.25) is 4.90 Å². The highest BCUT2D eigenvalue weighted by atomic mass is 16.5. The highest BCUT2D eigenvalue weighted by Crippen LogP contribution is 2.12. The first-order valence-electron chi connectivity index (χ1n) is 7.80. The maximum atomic E-state index is 12.1. The van der Waals surface area contributed by atoms with E-state index in [-0.39, 0.29) is 12.6 Å². The molecule has 6 heteroatoms. The van der Waals surface area contributed by atoms with Crippen molar-refractivity contribution < 1.29 is 14.6 Å².